The van der Waals surface area contributed by atoms with Gasteiger partial charge in [-0.05, 0) is 57.2 Å². The molecule has 0 saturated heterocycles. The van der Waals surface area contributed by atoms with Gasteiger partial charge in [-0.25, -0.2) is 17.9 Å². The zero-order valence-electron chi connectivity index (χ0n) is 15.9. The van der Waals surface area contributed by atoms with Gasteiger partial charge in [0.05, 0.1) is 20.5 Å². The summed E-state index contributed by atoms with van der Waals surface area (Å²) in [6.07, 6.45) is -1.12. The van der Waals surface area contributed by atoms with Crippen LogP contribution in [0.25, 0.3) is 0 Å². The SMILES string of the molecule is CC(C)NS(=O)(=O)c1ccc(NC(=O)[C@@H](C)OC(=O)c2cccc(Cl)c2Cl)cc1. The second-order valence-electron chi connectivity index (χ2n) is 6.44. The molecule has 2 aromatic rings. The van der Waals surface area contributed by atoms with Crippen LogP contribution in [0.5, 0.6) is 0 Å². The maximum atomic E-state index is 12.3. The van der Waals surface area contributed by atoms with E-state index in [-0.39, 0.29) is 26.5 Å². The molecule has 0 aromatic heterocycles. The van der Waals surface area contributed by atoms with E-state index in [1.54, 1.807) is 19.9 Å². The number of amides is 1. The number of anilines is 1. The van der Waals surface area contributed by atoms with Crippen molar-refractivity contribution in [1.29, 1.82) is 0 Å². The van der Waals surface area contributed by atoms with Gasteiger partial charge < -0.3 is 10.1 Å². The summed E-state index contributed by atoms with van der Waals surface area (Å²) in [5, 5.41) is 2.79. The van der Waals surface area contributed by atoms with Gasteiger partial charge >= 0.3 is 5.97 Å². The lowest BCUT2D eigenvalue weighted by Crippen LogP contribution is -2.31. The molecule has 0 saturated carbocycles. The largest absolute Gasteiger partial charge is 0.449 e. The molecule has 0 radical (unpaired) electrons. The standard InChI is InChI=1S/C19H20Cl2N2O5S/c1-11(2)23-29(26,27)14-9-7-13(8-10-14)22-18(24)12(3)28-19(25)15-5-4-6-16(20)17(15)21/h4-12,23H,1-3H3,(H,22,24)/t12-/m1/s1. The topological polar surface area (TPSA) is 102 Å². The predicted molar refractivity (Wildman–Crippen MR) is 112 cm³/mol. The molecule has 1 atom stereocenters. The summed E-state index contributed by atoms with van der Waals surface area (Å²) in [4.78, 5) is 24.6. The molecule has 1 amide bonds. The van der Waals surface area contributed by atoms with Crippen molar-refractivity contribution < 1.29 is 22.7 Å². The minimum Gasteiger partial charge on any atom is -0.449 e. The van der Waals surface area contributed by atoms with Crippen LogP contribution in [0.3, 0.4) is 0 Å². The van der Waals surface area contributed by atoms with Gasteiger partial charge in [0.1, 0.15) is 0 Å². The Bertz CT molecular complexity index is 1010. The molecule has 0 aliphatic carbocycles. The van der Waals surface area contributed by atoms with Crippen molar-refractivity contribution in [3.05, 3.63) is 58.1 Å². The molecule has 2 aromatic carbocycles. The van der Waals surface area contributed by atoms with E-state index in [9.17, 15) is 18.0 Å². The monoisotopic (exact) mass is 458 g/mol. The van der Waals surface area contributed by atoms with Gasteiger partial charge in [-0.2, -0.15) is 0 Å². The lowest BCUT2D eigenvalue weighted by molar-refractivity contribution is -0.123. The summed E-state index contributed by atoms with van der Waals surface area (Å²) in [5.41, 5.74) is 0.396. The van der Waals surface area contributed by atoms with Crippen molar-refractivity contribution in [2.24, 2.45) is 0 Å². The predicted octanol–water partition coefficient (Wildman–Crippen LogP) is 3.86. The highest BCUT2D eigenvalue weighted by atomic mass is 35.5. The van der Waals surface area contributed by atoms with E-state index >= 15 is 0 Å². The molecular weight excluding hydrogens is 439 g/mol. The molecule has 10 heteroatoms. The molecule has 2 rings (SSSR count). The lowest BCUT2D eigenvalue weighted by atomic mass is 10.2. The van der Waals surface area contributed by atoms with E-state index in [4.69, 9.17) is 27.9 Å². The molecule has 29 heavy (non-hydrogen) atoms. The van der Waals surface area contributed by atoms with E-state index in [0.717, 1.165) is 0 Å². The Morgan fingerprint density at radius 1 is 1.00 bits per heavy atom. The lowest BCUT2D eigenvalue weighted by Gasteiger charge is -2.15. The number of benzene rings is 2. The zero-order chi connectivity index (χ0) is 21.8. The Labute approximate surface area is 179 Å². The van der Waals surface area contributed by atoms with E-state index in [1.165, 1.54) is 43.3 Å². The van der Waals surface area contributed by atoms with Crippen molar-refractivity contribution in [3.8, 4) is 0 Å². The summed E-state index contributed by atoms with van der Waals surface area (Å²) < 4.78 is 31.8. The highest BCUT2D eigenvalue weighted by molar-refractivity contribution is 7.89. The smallest absolute Gasteiger partial charge is 0.340 e. The fourth-order valence-corrected chi connectivity index (χ4v) is 3.91. The molecule has 7 nitrogen and oxygen atoms in total. The molecule has 2 N–H and O–H groups in total. The van der Waals surface area contributed by atoms with Crippen LogP contribution in [0, 0.1) is 0 Å². The van der Waals surface area contributed by atoms with Crippen LogP contribution in [-0.4, -0.2) is 32.4 Å². The summed E-state index contributed by atoms with van der Waals surface area (Å²) in [6.45, 7) is 4.83. The Morgan fingerprint density at radius 3 is 2.21 bits per heavy atom. The molecule has 0 aliphatic rings. The van der Waals surface area contributed by atoms with Gasteiger partial charge in [-0.3, -0.25) is 4.79 Å². The number of hydrogen-bond donors (Lipinski definition) is 2. The summed E-state index contributed by atoms with van der Waals surface area (Å²) in [5.74, 6) is -1.38. The van der Waals surface area contributed by atoms with Gasteiger partial charge in [0, 0.05) is 11.7 Å². The van der Waals surface area contributed by atoms with Gasteiger partial charge in [-0.1, -0.05) is 29.3 Å². The summed E-state index contributed by atoms with van der Waals surface area (Å²) in [7, 11) is -3.63. The number of halogens is 2. The van der Waals surface area contributed by atoms with Gasteiger partial charge in [-0.15, -0.1) is 0 Å². The fourth-order valence-electron chi connectivity index (χ4n) is 2.28. The van der Waals surface area contributed by atoms with Crippen molar-refractivity contribution in [2.45, 2.75) is 37.8 Å². The van der Waals surface area contributed by atoms with Crippen molar-refractivity contribution in [2.75, 3.05) is 5.32 Å². The molecule has 0 fully saturated rings. The minimum absolute atomic E-state index is 0.0404. The van der Waals surface area contributed by atoms with Gasteiger partial charge in [0.25, 0.3) is 5.91 Å². The Balaban J connectivity index is 2.02. The summed E-state index contributed by atoms with van der Waals surface area (Å²) >= 11 is 11.8. The van der Waals surface area contributed by atoms with E-state index in [0.29, 0.717) is 5.69 Å². The first-order valence-corrected chi connectivity index (χ1v) is 10.8. The molecule has 0 aliphatic heterocycles. The molecule has 156 valence electrons. The normalized spacial score (nSPS) is 12.5. The zero-order valence-corrected chi connectivity index (χ0v) is 18.2. The molecule has 0 bridgehead atoms. The number of ether oxygens (including phenoxy) is 1. The molecule has 0 heterocycles. The van der Waals surface area contributed by atoms with Crippen molar-refractivity contribution in [1.82, 2.24) is 4.72 Å². The first-order chi connectivity index (χ1) is 13.5. The number of esters is 1. The minimum atomic E-state index is -3.63. The number of carbonyl (C=O) groups is 2. The number of sulfonamides is 1. The Kier molecular flexibility index (Phi) is 7.65. The number of carbonyl (C=O) groups excluding carboxylic acids is 2. The molecule has 0 spiro atoms. The third-order valence-electron chi connectivity index (χ3n) is 3.65. The summed E-state index contributed by atoms with van der Waals surface area (Å²) in [6, 6.07) is 9.86. The second kappa shape index (κ2) is 9.58. The first kappa shape index (κ1) is 23.2. The number of nitrogens with one attached hydrogen (secondary N) is 2. The average molecular weight is 459 g/mol. The van der Waals surface area contributed by atoms with Crippen LogP contribution in [-0.2, 0) is 19.6 Å². The molecule has 0 unspecified atom stereocenters. The Morgan fingerprint density at radius 2 is 1.62 bits per heavy atom. The number of hydrogen-bond acceptors (Lipinski definition) is 5. The van der Waals surface area contributed by atoms with Crippen LogP contribution in [0.1, 0.15) is 31.1 Å². The van der Waals surface area contributed by atoms with Crippen LogP contribution < -0.4 is 10.0 Å². The van der Waals surface area contributed by atoms with Crippen LogP contribution >= 0.6 is 23.2 Å². The second-order valence-corrected chi connectivity index (χ2v) is 8.94. The van der Waals surface area contributed by atoms with E-state index in [2.05, 4.69) is 10.0 Å². The van der Waals surface area contributed by atoms with E-state index < -0.39 is 28.0 Å². The third-order valence-corrected chi connectivity index (χ3v) is 6.14. The van der Waals surface area contributed by atoms with Crippen LogP contribution in [0.2, 0.25) is 10.0 Å². The van der Waals surface area contributed by atoms with Crippen molar-refractivity contribution in [3.63, 3.8) is 0 Å². The van der Waals surface area contributed by atoms with Gasteiger partial charge in [0.2, 0.25) is 10.0 Å². The number of rotatable bonds is 7. The van der Waals surface area contributed by atoms with Crippen molar-refractivity contribution >= 4 is 50.8 Å². The maximum absolute atomic E-state index is 12.3. The average Bonchev–Trinajstić information content (AvgIpc) is 2.63. The van der Waals surface area contributed by atoms with Crippen LogP contribution in [0.15, 0.2) is 47.4 Å². The quantitative estimate of drug-likeness (QED) is 0.613. The highest BCUT2D eigenvalue weighted by Gasteiger charge is 2.22. The maximum Gasteiger partial charge on any atom is 0.340 e. The van der Waals surface area contributed by atoms with Gasteiger partial charge in [0.15, 0.2) is 6.10 Å². The molecular formula is C19H20Cl2N2O5S. The first-order valence-electron chi connectivity index (χ1n) is 8.59. The fraction of sp³-hybridized carbons (Fsp3) is 0.263. The highest BCUT2D eigenvalue weighted by Crippen LogP contribution is 2.26. The van der Waals surface area contributed by atoms with E-state index in [1.807, 2.05) is 0 Å². The van der Waals surface area contributed by atoms with Crippen LogP contribution in [0.4, 0.5) is 5.69 Å². The third kappa shape index (κ3) is 6.17. The Hall–Kier alpha value is -2.13.